The van der Waals surface area contributed by atoms with Gasteiger partial charge in [0.15, 0.2) is 5.69 Å². The first-order valence-corrected chi connectivity index (χ1v) is 9.98. The zero-order valence-electron chi connectivity index (χ0n) is 16.7. The lowest BCUT2D eigenvalue weighted by atomic mass is 9.86. The summed E-state index contributed by atoms with van der Waals surface area (Å²) in [6.07, 6.45) is -0.169. The summed E-state index contributed by atoms with van der Waals surface area (Å²) in [5.74, 6) is 0.170. The monoisotopic (exact) mass is 445 g/mol. The minimum Gasteiger partial charge on any atom is -0.418 e. The van der Waals surface area contributed by atoms with Gasteiger partial charge in [0.05, 0.1) is 16.9 Å². The Morgan fingerprint density at radius 1 is 1.31 bits per heavy atom. The van der Waals surface area contributed by atoms with Crippen LogP contribution < -0.4 is 10.6 Å². The Labute approximate surface area is 179 Å². The SMILES string of the molecule is C=CC1(c2nnc(-c3nn4c(c3Nc3ccc(C(F)(F)F)cn3)CCC4)o2)CCNC1=O. The van der Waals surface area contributed by atoms with Gasteiger partial charge in [-0.15, -0.1) is 16.8 Å². The minimum atomic E-state index is -4.47. The zero-order chi connectivity index (χ0) is 22.5. The largest absolute Gasteiger partial charge is 0.418 e. The van der Waals surface area contributed by atoms with Gasteiger partial charge in [0, 0.05) is 19.3 Å². The van der Waals surface area contributed by atoms with E-state index in [1.807, 2.05) is 0 Å². The number of rotatable bonds is 5. The number of alkyl halides is 3. The molecule has 1 saturated heterocycles. The van der Waals surface area contributed by atoms with Gasteiger partial charge in [-0.3, -0.25) is 9.48 Å². The van der Waals surface area contributed by atoms with E-state index < -0.39 is 17.2 Å². The number of hydrogen-bond donors (Lipinski definition) is 2. The Morgan fingerprint density at radius 3 is 2.81 bits per heavy atom. The third kappa shape index (κ3) is 3.13. The number of carbonyl (C=O) groups is 1. The molecule has 12 heteroatoms. The molecule has 2 aliphatic rings. The predicted molar refractivity (Wildman–Crippen MR) is 106 cm³/mol. The van der Waals surface area contributed by atoms with E-state index >= 15 is 0 Å². The highest BCUT2D eigenvalue weighted by Gasteiger charge is 2.46. The molecule has 0 radical (unpaired) electrons. The first-order chi connectivity index (χ1) is 15.3. The second-order valence-electron chi connectivity index (χ2n) is 7.65. The highest BCUT2D eigenvalue weighted by atomic mass is 19.4. The molecule has 32 heavy (non-hydrogen) atoms. The van der Waals surface area contributed by atoms with Crippen molar-refractivity contribution < 1.29 is 22.4 Å². The summed E-state index contributed by atoms with van der Waals surface area (Å²) in [6.45, 7) is 4.90. The number of amides is 1. The molecule has 5 heterocycles. The number of nitrogens with one attached hydrogen (secondary N) is 2. The lowest BCUT2D eigenvalue weighted by molar-refractivity contribution is -0.137. The predicted octanol–water partition coefficient (Wildman–Crippen LogP) is 2.98. The zero-order valence-corrected chi connectivity index (χ0v) is 16.7. The summed E-state index contributed by atoms with van der Waals surface area (Å²) in [5, 5.41) is 18.5. The Hall–Kier alpha value is -3.70. The van der Waals surface area contributed by atoms with E-state index in [0.29, 0.717) is 30.9 Å². The van der Waals surface area contributed by atoms with Crippen molar-refractivity contribution in [2.45, 2.75) is 37.4 Å². The van der Waals surface area contributed by atoms with Crippen LogP contribution in [-0.4, -0.2) is 37.4 Å². The van der Waals surface area contributed by atoms with E-state index in [9.17, 15) is 18.0 Å². The fraction of sp³-hybridized carbons (Fsp3) is 0.350. The van der Waals surface area contributed by atoms with Crippen LogP contribution in [0.1, 0.15) is 30.0 Å². The van der Waals surface area contributed by atoms with Gasteiger partial charge in [-0.25, -0.2) is 4.98 Å². The Bertz CT molecular complexity index is 1200. The lowest BCUT2D eigenvalue weighted by Crippen LogP contribution is -2.33. The van der Waals surface area contributed by atoms with Gasteiger partial charge in [0.25, 0.3) is 5.89 Å². The molecule has 0 bridgehead atoms. The van der Waals surface area contributed by atoms with E-state index in [-0.39, 0.29) is 23.5 Å². The quantitative estimate of drug-likeness (QED) is 0.581. The normalized spacial score (nSPS) is 20.3. The molecule has 0 aromatic carbocycles. The van der Waals surface area contributed by atoms with Gasteiger partial charge >= 0.3 is 6.18 Å². The van der Waals surface area contributed by atoms with Crippen molar-refractivity contribution in [3.05, 3.63) is 48.1 Å². The fourth-order valence-electron chi connectivity index (χ4n) is 4.01. The summed E-state index contributed by atoms with van der Waals surface area (Å²) in [4.78, 5) is 16.2. The smallest absolute Gasteiger partial charge is 0.417 e. The van der Waals surface area contributed by atoms with Crippen molar-refractivity contribution >= 4 is 17.4 Å². The first-order valence-electron chi connectivity index (χ1n) is 9.98. The van der Waals surface area contributed by atoms with Crippen molar-refractivity contribution in [2.75, 3.05) is 11.9 Å². The topological polar surface area (TPSA) is 111 Å². The highest BCUT2D eigenvalue weighted by molar-refractivity contribution is 5.91. The Kier molecular flexibility index (Phi) is 4.53. The third-order valence-corrected chi connectivity index (χ3v) is 5.75. The number of aryl methyl sites for hydroxylation is 1. The number of carbonyl (C=O) groups excluding carboxylic acids is 1. The molecule has 0 aliphatic carbocycles. The van der Waals surface area contributed by atoms with Crippen LogP contribution >= 0.6 is 0 Å². The molecule has 2 N–H and O–H groups in total. The van der Waals surface area contributed by atoms with Crippen molar-refractivity contribution in [2.24, 2.45) is 0 Å². The molecular weight excluding hydrogens is 427 g/mol. The summed E-state index contributed by atoms with van der Waals surface area (Å²) in [6, 6.07) is 2.20. The van der Waals surface area contributed by atoms with Crippen molar-refractivity contribution in [1.29, 1.82) is 0 Å². The summed E-state index contributed by atoms with van der Waals surface area (Å²) >= 11 is 0. The van der Waals surface area contributed by atoms with E-state index in [2.05, 4.69) is 37.5 Å². The first kappa shape index (κ1) is 20.2. The number of pyridine rings is 1. The van der Waals surface area contributed by atoms with E-state index in [1.54, 1.807) is 4.68 Å². The summed E-state index contributed by atoms with van der Waals surface area (Å²) < 4.78 is 46.2. The number of halogens is 3. The average Bonchev–Trinajstić information content (AvgIpc) is 3.53. The number of nitrogens with zero attached hydrogens (tertiary/aromatic N) is 5. The molecular formula is C20H18F3N7O2. The van der Waals surface area contributed by atoms with Crippen molar-refractivity contribution in [1.82, 2.24) is 30.3 Å². The third-order valence-electron chi connectivity index (χ3n) is 5.75. The molecule has 1 atom stereocenters. The molecule has 0 saturated carbocycles. The Balaban J connectivity index is 1.51. The van der Waals surface area contributed by atoms with Crippen LogP contribution in [0.15, 0.2) is 35.4 Å². The lowest BCUT2D eigenvalue weighted by Gasteiger charge is -2.15. The number of anilines is 2. The van der Waals surface area contributed by atoms with Crippen molar-refractivity contribution in [3.8, 4) is 11.6 Å². The molecule has 0 spiro atoms. The van der Waals surface area contributed by atoms with Gasteiger partial charge in [0.2, 0.25) is 11.8 Å². The molecule has 1 fully saturated rings. The van der Waals surface area contributed by atoms with Crippen LogP contribution in [0.2, 0.25) is 0 Å². The fourth-order valence-corrected chi connectivity index (χ4v) is 4.01. The molecule has 3 aromatic heterocycles. The van der Waals surface area contributed by atoms with Gasteiger partial charge in [-0.2, -0.15) is 18.3 Å². The summed E-state index contributed by atoms with van der Waals surface area (Å²) in [5.41, 5.74) is -0.199. The van der Waals surface area contributed by atoms with E-state index in [4.69, 9.17) is 4.42 Å². The number of hydrogen-bond acceptors (Lipinski definition) is 7. The average molecular weight is 445 g/mol. The number of aromatic nitrogens is 5. The molecule has 3 aromatic rings. The van der Waals surface area contributed by atoms with Gasteiger partial charge in [-0.05, 0) is 31.4 Å². The maximum atomic E-state index is 12.8. The van der Waals surface area contributed by atoms with E-state index in [0.717, 1.165) is 30.8 Å². The maximum absolute atomic E-state index is 12.8. The van der Waals surface area contributed by atoms with Gasteiger partial charge in [0.1, 0.15) is 11.2 Å². The highest BCUT2D eigenvalue weighted by Crippen LogP contribution is 2.38. The second-order valence-corrected chi connectivity index (χ2v) is 7.65. The molecule has 2 aliphatic heterocycles. The van der Waals surface area contributed by atoms with Crippen LogP contribution in [0.3, 0.4) is 0 Å². The van der Waals surface area contributed by atoms with E-state index in [1.165, 1.54) is 12.1 Å². The maximum Gasteiger partial charge on any atom is 0.417 e. The molecule has 166 valence electrons. The molecule has 1 amide bonds. The van der Waals surface area contributed by atoms with Crippen LogP contribution in [0.25, 0.3) is 11.6 Å². The van der Waals surface area contributed by atoms with Gasteiger partial charge in [-0.1, -0.05) is 6.08 Å². The van der Waals surface area contributed by atoms with Crippen molar-refractivity contribution in [3.63, 3.8) is 0 Å². The van der Waals surface area contributed by atoms with Crippen LogP contribution in [0, 0.1) is 0 Å². The Morgan fingerprint density at radius 2 is 2.16 bits per heavy atom. The molecule has 1 unspecified atom stereocenters. The van der Waals surface area contributed by atoms with Gasteiger partial charge < -0.3 is 15.1 Å². The van der Waals surface area contributed by atoms with Crippen LogP contribution in [-0.2, 0) is 29.4 Å². The second kappa shape index (κ2) is 7.18. The van der Waals surface area contributed by atoms with Crippen LogP contribution in [0.4, 0.5) is 24.7 Å². The number of fused-ring (bicyclic) bond motifs is 1. The molecule has 5 rings (SSSR count). The van der Waals surface area contributed by atoms with Crippen LogP contribution in [0.5, 0.6) is 0 Å². The molecule has 9 nitrogen and oxygen atoms in total. The standard InChI is InChI=1S/C20H18F3N7O2/c1-2-19(7-8-24-17(19)31)18-28-27-16(32-18)15-14(12-4-3-9-30(12)29-15)26-13-6-5-11(10-25-13)20(21,22)23/h2,5-6,10H,1,3-4,7-9H2,(H,24,31)(H,25,26). The summed E-state index contributed by atoms with van der Waals surface area (Å²) in [7, 11) is 0. The minimum absolute atomic E-state index is 0.0947.